The van der Waals surface area contributed by atoms with E-state index >= 15 is 0 Å². The molecule has 0 saturated carbocycles. The molecule has 0 saturated heterocycles. The van der Waals surface area contributed by atoms with Crippen molar-refractivity contribution < 1.29 is 9.32 Å². The van der Waals surface area contributed by atoms with Gasteiger partial charge in [-0.15, -0.1) is 11.3 Å². The summed E-state index contributed by atoms with van der Waals surface area (Å²) >= 11 is 1.31. The first kappa shape index (κ1) is 11.3. The highest BCUT2D eigenvalue weighted by molar-refractivity contribution is 7.11. The van der Waals surface area contributed by atoms with Crippen LogP contribution in [0.4, 0.5) is 0 Å². The van der Waals surface area contributed by atoms with E-state index in [1.165, 1.54) is 11.3 Å². The van der Waals surface area contributed by atoms with Crippen LogP contribution in [0.25, 0.3) is 0 Å². The van der Waals surface area contributed by atoms with Crippen LogP contribution in [0.1, 0.15) is 28.3 Å². The van der Waals surface area contributed by atoms with E-state index in [4.69, 9.17) is 4.52 Å². The van der Waals surface area contributed by atoms with Crippen molar-refractivity contribution in [1.82, 2.24) is 4.98 Å². The van der Waals surface area contributed by atoms with Gasteiger partial charge in [-0.05, 0) is 12.3 Å². The van der Waals surface area contributed by atoms with Crippen molar-refractivity contribution in [3.63, 3.8) is 0 Å². The quantitative estimate of drug-likeness (QED) is 0.341. The molecule has 1 heterocycles. The molecule has 0 aliphatic heterocycles. The Morgan fingerprint density at radius 2 is 2.57 bits per heavy atom. The number of hydrogen-bond acceptors (Lipinski definition) is 4. The summed E-state index contributed by atoms with van der Waals surface area (Å²) in [6, 6.07) is 0. The lowest BCUT2D eigenvalue weighted by Gasteiger charge is -1.89. The van der Waals surface area contributed by atoms with Crippen molar-refractivity contribution >= 4 is 27.1 Å². The lowest BCUT2D eigenvalue weighted by molar-refractivity contribution is 0.112. The summed E-state index contributed by atoms with van der Waals surface area (Å²) in [5.74, 6) is 5.85. The first-order chi connectivity index (χ1) is 6.86. The smallest absolute Gasteiger partial charge is 0.178 e. The third-order valence-electron chi connectivity index (χ3n) is 1.40. The van der Waals surface area contributed by atoms with E-state index in [2.05, 4.69) is 26.3 Å². The predicted octanol–water partition coefficient (Wildman–Crippen LogP) is 1.89. The highest BCUT2D eigenvalue weighted by Crippen LogP contribution is 2.05. The van der Waals surface area contributed by atoms with Gasteiger partial charge in [0, 0.05) is 21.3 Å². The number of nitrogens with zero attached hydrogens (tertiary/aromatic N) is 1. The summed E-state index contributed by atoms with van der Waals surface area (Å²) in [4.78, 5) is 14.3. The highest BCUT2D eigenvalue weighted by Gasteiger charge is 1.95. The van der Waals surface area contributed by atoms with Crippen LogP contribution in [0.5, 0.6) is 0 Å². The zero-order valence-electron chi connectivity index (χ0n) is 7.53. The summed E-state index contributed by atoms with van der Waals surface area (Å²) in [5, 5.41) is 2.26. The largest absolute Gasteiger partial charge is 0.366 e. The van der Waals surface area contributed by atoms with Crippen molar-refractivity contribution in [3.05, 3.63) is 16.1 Å². The van der Waals surface area contributed by atoms with Gasteiger partial charge < -0.3 is 4.52 Å². The molecule has 1 aromatic rings. The predicted molar refractivity (Wildman–Crippen MR) is 59.3 cm³/mol. The Bertz CT molecular complexity index is 353. The van der Waals surface area contributed by atoms with Gasteiger partial charge in [-0.25, -0.2) is 4.98 Å². The molecule has 0 aromatic carbocycles. The summed E-state index contributed by atoms with van der Waals surface area (Å²) < 4.78 is 4.80. The third-order valence-corrected chi connectivity index (χ3v) is 2.41. The molecule has 1 rings (SSSR count). The summed E-state index contributed by atoms with van der Waals surface area (Å²) in [6.45, 7) is 0.690. The van der Waals surface area contributed by atoms with E-state index in [0.717, 1.165) is 19.1 Å². The van der Waals surface area contributed by atoms with Crippen LogP contribution in [-0.4, -0.2) is 17.9 Å². The average molecular weight is 227 g/mol. The lowest BCUT2D eigenvalue weighted by Crippen LogP contribution is -1.82. The molecule has 0 spiro atoms. The molecule has 5 heteroatoms. The van der Waals surface area contributed by atoms with Crippen molar-refractivity contribution in [2.75, 3.05) is 6.61 Å². The lowest BCUT2D eigenvalue weighted by atomic mass is 10.3. The number of unbranched alkanes of at least 4 members (excludes halogenated alkanes) is 1. The van der Waals surface area contributed by atoms with Crippen LogP contribution in [0.2, 0.25) is 0 Å². The normalized spacial score (nSPS) is 9.21. The molecular formula is C9H10NO2PS. The van der Waals surface area contributed by atoms with Crippen LogP contribution in [-0.2, 0) is 4.52 Å². The number of carbonyl (C=O) groups is 1. The maximum atomic E-state index is 10.3. The number of aldehydes is 1. The number of aromatic nitrogens is 1. The van der Waals surface area contributed by atoms with E-state index < -0.39 is 0 Å². The number of carbonyl (C=O) groups excluding carboxylic acids is 1. The molecule has 1 aromatic heterocycles. The van der Waals surface area contributed by atoms with Crippen LogP contribution in [0.15, 0.2) is 5.38 Å². The second kappa shape index (κ2) is 6.67. The minimum Gasteiger partial charge on any atom is -0.366 e. The van der Waals surface area contributed by atoms with Gasteiger partial charge >= 0.3 is 0 Å². The molecule has 0 bridgehead atoms. The fourth-order valence-electron chi connectivity index (χ4n) is 0.796. The Morgan fingerprint density at radius 3 is 3.21 bits per heavy atom. The fraction of sp³-hybridized carbons (Fsp3) is 0.333. The van der Waals surface area contributed by atoms with E-state index in [0.29, 0.717) is 17.3 Å². The molecular weight excluding hydrogens is 217 g/mol. The van der Waals surface area contributed by atoms with Gasteiger partial charge in [0.1, 0.15) is 5.69 Å². The van der Waals surface area contributed by atoms with Gasteiger partial charge in [0.25, 0.3) is 0 Å². The third kappa shape index (κ3) is 3.97. The first-order valence-electron chi connectivity index (χ1n) is 4.08. The molecule has 3 nitrogen and oxygen atoms in total. The van der Waals surface area contributed by atoms with Gasteiger partial charge in [-0.3, -0.25) is 4.79 Å². The van der Waals surface area contributed by atoms with Crippen LogP contribution in [0.3, 0.4) is 0 Å². The summed E-state index contributed by atoms with van der Waals surface area (Å²) in [7, 11) is 2.20. The Balaban J connectivity index is 2.38. The fourth-order valence-corrected chi connectivity index (χ4v) is 1.51. The van der Waals surface area contributed by atoms with Crippen LogP contribution in [0, 0.1) is 11.8 Å². The zero-order valence-corrected chi connectivity index (χ0v) is 9.50. The van der Waals surface area contributed by atoms with E-state index in [1.807, 2.05) is 0 Å². The summed E-state index contributed by atoms with van der Waals surface area (Å²) in [5.41, 5.74) is 0.670. The molecule has 0 aliphatic rings. The summed E-state index contributed by atoms with van der Waals surface area (Å²) in [6.07, 6.45) is 2.42. The Kier molecular flexibility index (Phi) is 5.39. The molecule has 0 amide bonds. The van der Waals surface area contributed by atoms with Crippen LogP contribution < -0.4 is 0 Å². The molecule has 1 atom stereocenters. The Hall–Kier alpha value is -0.750. The van der Waals surface area contributed by atoms with Crippen molar-refractivity contribution in [3.8, 4) is 11.8 Å². The SMILES string of the molecule is O=Cc1nc(C#CCCCOP)cs1. The molecule has 74 valence electrons. The Labute approximate surface area is 89.2 Å². The highest BCUT2D eigenvalue weighted by atomic mass is 32.1. The van der Waals surface area contributed by atoms with Crippen molar-refractivity contribution in [2.24, 2.45) is 0 Å². The first-order valence-corrected chi connectivity index (χ1v) is 5.43. The maximum absolute atomic E-state index is 10.3. The van der Waals surface area contributed by atoms with E-state index in [-0.39, 0.29) is 0 Å². The van der Waals surface area contributed by atoms with E-state index in [9.17, 15) is 4.79 Å². The Morgan fingerprint density at radius 1 is 1.71 bits per heavy atom. The average Bonchev–Trinajstić information content (AvgIpc) is 2.65. The molecule has 0 N–H and O–H groups in total. The van der Waals surface area contributed by atoms with Gasteiger partial charge in [-0.1, -0.05) is 5.92 Å². The second-order valence-electron chi connectivity index (χ2n) is 2.46. The zero-order chi connectivity index (χ0) is 10.2. The maximum Gasteiger partial charge on any atom is 0.178 e. The van der Waals surface area contributed by atoms with Crippen molar-refractivity contribution in [1.29, 1.82) is 0 Å². The van der Waals surface area contributed by atoms with Gasteiger partial charge in [0.05, 0.1) is 6.61 Å². The van der Waals surface area contributed by atoms with E-state index in [1.54, 1.807) is 5.38 Å². The molecule has 0 aliphatic carbocycles. The monoisotopic (exact) mass is 227 g/mol. The number of hydrogen-bond donors (Lipinski definition) is 0. The van der Waals surface area contributed by atoms with Gasteiger partial charge in [0.2, 0.25) is 0 Å². The van der Waals surface area contributed by atoms with Crippen LogP contribution >= 0.6 is 20.8 Å². The number of rotatable bonds is 4. The van der Waals surface area contributed by atoms with Gasteiger partial charge in [-0.2, -0.15) is 0 Å². The second-order valence-corrected chi connectivity index (χ2v) is 3.69. The molecule has 0 radical (unpaired) electrons. The molecule has 14 heavy (non-hydrogen) atoms. The number of thiazole rings is 1. The molecule has 0 fully saturated rings. The van der Waals surface area contributed by atoms with Crippen molar-refractivity contribution in [2.45, 2.75) is 12.8 Å². The minimum absolute atomic E-state index is 0.475. The minimum atomic E-state index is 0.475. The standard InChI is InChI=1S/C9H10NO2PS/c11-6-9-10-8(7-14-9)4-2-1-3-5-12-13/h6-7H,1,3,5,13H2. The molecule has 1 unspecified atom stereocenters. The topological polar surface area (TPSA) is 39.2 Å². The van der Waals surface area contributed by atoms with Gasteiger partial charge in [0.15, 0.2) is 11.3 Å².